The van der Waals surface area contributed by atoms with Crippen LogP contribution in [-0.4, -0.2) is 232 Å². The number of aldehydes is 1. The molecule has 25 nitrogen and oxygen atoms in total. The first-order chi connectivity index (χ1) is 40.0. The fourth-order valence-corrected chi connectivity index (χ4v) is 10.6. The number of nitrogens with one attached hydrogen (secondary N) is 4. The smallest absolute Gasteiger partial charge is 0.329 e. The summed E-state index contributed by atoms with van der Waals surface area (Å²) in [5.41, 5.74) is 0. The first-order valence-corrected chi connectivity index (χ1v) is 30.8. The lowest BCUT2D eigenvalue weighted by Gasteiger charge is -2.40. The summed E-state index contributed by atoms with van der Waals surface area (Å²) in [5.74, 6) is -12.4. The zero-order chi connectivity index (χ0) is 67.6. The van der Waals surface area contributed by atoms with E-state index in [1.165, 1.54) is 68.0 Å². The molecule has 0 spiro atoms. The minimum atomic E-state index is -1.87. The molecule has 1 saturated heterocycles. The molecule has 0 unspecified atom stereocenters. The number of aliphatic hydroxyl groups is 2. The Hall–Kier alpha value is -6.24. The van der Waals surface area contributed by atoms with E-state index in [9.17, 15) is 63.0 Å². The molecule has 0 aliphatic carbocycles. The van der Waals surface area contributed by atoms with Crippen molar-refractivity contribution in [1.29, 1.82) is 0 Å². The number of carbonyl (C=O) groups excluding carboxylic acids is 12. The predicted molar refractivity (Wildman–Crippen MR) is 328 cm³/mol. The lowest BCUT2D eigenvalue weighted by Crippen LogP contribution is -2.64. The van der Waals surface area contributed by atoms with Gasteiger partial charge in [0, 0.05) is 48.7 Å². The Morgan fingerprint density at radius 3 is 1.25 bits per heavy atom. The number of carbonyl (C=O) groups is 12. The van der Waals surface area contributed by atoms with Crippen molar-refractivity contribution in [3.63, 3.8) is 0 Å². The summed E-state index contributed by atoms with van der Waals surface area (Å²) in [6.07, 6.45) is -4.22. The summed E-state index contributed by atoms with van der Waals surface area (Å²) in [7, 11) is 7.91. The highest BCUT2D eigenvalue weighted by Gasteiger charge is 2.46. The van der Waals surface area contributed by atoms with Crippen LogP contribution in [0.4, 0.5) is 0 Å². The van der Waals surface area contributed by atoms with Crippen molar-refractivity contribution < 1.29 is 72.5 Å². The van der Waals surface area contributed by atoms with Gasteiger partial charge in [-0.3, -0.25) is 47.9 Å². The highest BCUT2D eigenvalue weighted by atomic mass is 16.6. The van der Waals surface area contributed by atoms with Gasteiger partial charge in [0.1, 0.15) is 60.7 Å². The van der Waals surface area contributed by atoms with Gasteiger partial charge in [0.15, 0.2) is 6.10 Å². The molecule has 0 aromatic heterocycles. The average molecular weight is 1240 g/mol. The van der Waals surface area contributed by atoms with Crippen LogP contribution in [0.25, 0.3) is 0 Å². The first-order valence-electron chi connectivity index (χ1n) is 30.8. The van der Waals surface area contributed by atoms with Gasteiger partial charge in [0.25, 0.3) is 5.91 Å². The molecular weight excluding hydrogens is 1120 g/mol. The van der Waals surface area contributed by atoms with E-state index in [0.717, 1.165) is 24.5 Å². The molecule has 0 aromatic rings. The number of esters is 1. The predicted octanol–water partition coefficient (Wildman–Crippen LogP) is 1.97. The topological polar surface area (TPSA) is 322 Å². The Morgan fingerprint density at radius 1 is 0.471 bits per heavy atom. The molecule has 25 heteroatoms. The van der Waals surface area contributed by atoms with Crippen LogP contribution in [0.1, 0.15) is 156 Å². The molecule has 1 aliphatic heterocycles. The fraction of sp³-hybridized carbons (Fsp3) is 0.806. The maximum absolute atomic E-state index is 15.0. The first kappa shape index (κ1) is 78.8. The molecule has 1 heterocycles. The normalized spacial score (nSPS) is 26.7. The molecule has 10 amide bonds. The number of amides is 10. The second-order valence-electron chi connectivity index (χ2n) is 26.9. The van der Waals surface area contributed by atoms with Crippen LogP contribution in [0.15, 0.2) is 0 Å². The molecule has 1 rings (SSSR count). The Labute approximate surface area is 517 Å². The second kappa shape index (κ2) is 35.7. The van der Waals surface area contributed by atoms with Crippen LogP contribution >= 0.6 is 0 Å². The number of cyclic esters (lactones) is 1. The third-order valence-electron chi connectivity index (χ3n) is 15.8. The number of hydrogen-bond donors (Lipinski definition) is 6. The van der Waals surface area contributed by atoms with E-state index in [2.05, 4.69) is 21.3 Å². The standard InChI is InChI=1S/C62H110N10O15/c1-32(2)26-42-57(81)69(20)45(29-35(7)8)53(77)63-40(16)62(86)87-52(38(13)14)61(85)70(21)46(30-36(9)10)55(79)65-43(27-33(3)4)58(82)71(22)49(37(11)12)60(84)72(23)50(51(76)39(15)24-25-73)56(80)66-48(41(17)74)59(83)67(18)31-47(75)68(19)44(28-34(5)6)54(78)64-42/h25,32-46,48-52,74,76H,24,26-31H2,1-23H3,(H,63,77)(H,64,78)(H,65,79)(H,66,80)/t39-,40+,41-,42+,43+,44+,45+,46+,48+,49+,50+,51-,52-/m1/s1. The number of likely N-dealkylation sites (N-methyl/N-ethyl adjacent to an activating group) is 6. The largest absolute Gasteiger partial charge is 0.450 e. The van der Waals surface area contributed by atoms with Crippen LogP contribution in [0.3, 0.4) is 0 Å². The van der Waals surface area contributed by atoms with E-state index in [4.69, 9.17) is 4.74 Å². The van der Waals surface area contributed by atoms with Crippen molar-refractivity contribution in [2.75, 3.05) is 48.8 Å². The minimum Gasteiger partial charge on any atom is -0.450 e. The molecule has 0 aromatic carbocycles. The summed E-state index contributed by atoms with van der Waals surface area (Å²) in [6, 6.07) is -12.6. The Morgan fingerprint density at radius 2 is 0.862 bits per heavy atom. The van der Waals surface area contributed by atoms with Crippen molar-refractivity contribution in [3.05, 3.63) is 0 Å². The number of ether oxygens (including phenoxy) is 1. The van der Waals surface area contributed by atoms with Gasteiger partial charge in [0.05, 0.1) is 18.8 Å². The monoisotopic (exact) mass is 1230 g/mol. The van der Waals surface area contributed by atoms with Crippen molar-refractivity contribution in [1.82, 2.24) is 50.7 Å². The quantitative estimate of drug-likeness (QED) is 0.0896. The van der Waals surface area contributed by atoms with Crippen LogP contribution in [-0.2, 0) is 62.3 Å². The van der Waals surface area contributed by atoms with Crippen molar-refractivity contribution >= 4 is 71.3 Å². The average Bonchev–Trinajstić information content (AvgIpc) is 3.07. The summed E-state index contributed by atoms with van der Waals surface area (Å²) >= 11 is 0. The molecular formula is C62H110N10O15. The van der Waals surface area contributed by atoms with Gasteiger partial charge in [-0.15, -0.1) is 0 Å². The Kier molecular flexibility index (Phi) is 32.3. The number of rotatable bonds is 17. The summed E-state index contributed by atoms with van der Waals surface area (Å²) < 4.78 is 5.87. The van der Waals surface area contributed by atoms with Gasteiger partial charge in [-0.05, 0) is 93.3 Å². The molecule has 1 aliphatic rings. The van der Waals surface area contributed by atoms with Crippen molar-refractivity contribution in [2.45, 2.75) is 229 Å². The van der Waals surface area contributed by atoms with Crippen LogP contribution in [0.2, 0.25) is 0 Å². The van der Waals surface area contributed by atoms with Crippen LogP contribution in [0, 0.1) is 47.3 Å². The fourth-order valence-electron chi connectivity index (χ4n) is 10.6. The van der Waals surface area contributed by atoms with Gasteiger partial charge in [0.2, 0.25) is 53.2 Å². The molecule has 87 heavy (non-hydrogen) atoms. The van der Waals surface area contributed by atoms with Gasteiger partial charge >= 0.3 is 5.97 Å². The molecule has 0 saturated carbocycles. The third kappa shape index (κ3) is 23.0. The summed E-state index contributed by atoms with van der Waals surface area (Å²) in [6.45, 7) is 28.2. The maximum atomic E-state index is 15.0. The van der Waals surface area contributed by atoms with E-state index >= 15 is 4.79 Å². The number of hydrogen-bond acceptors (Lipinski definition) is 15. The van der Waals surface area contributed by atoms with E-state index in [1.807, 2.05) is 69.2 Å². The highest BCUT2D eigenvalue weighted by molar-refractivity contribution is 5.99. The molecule has 1 fully saturated rings. The second-order valence-corrected chi connectivity index (χ2v) is 26.9. The maximum Gasteiger partial charge on any atom is 0.329 e. The molecule has 6 N–H and O–H groups in total. The van der Waals surface area contributed by atoms with Gasteiger partial charge in [-0.1, -0.05) is 104 Å². The minimum absolute atomic E-state index is 0.0533. The summed E-state index contributed by atoms with van der Waals surface area (Å²) in [5, 5.41) is 33.8. The van der Waals surface area contributed by atoms with Gasteiger partial charge in [-0.2, -0.15) is 0 Å². The molecule has 0 radical (unpaired) electrons. The Bertz CT molecular complexity index is 2360. The van der Waals surface area contributed by atoms with E-state index in [1.54, 1.807) is 27.7 Å². The highest BCUT2D eigenvalue weighted by Crippen LogP contribution is 2.25. The van der Waals surface area contributed by atoms with Crippen molar-refractivity contribution in [3.8, 4) is 0 Å². The van der Waals surface area contributed by atoms with Crippen LogP contribution in [0.5, 0.6) is 0 Å². The third-order valence-corrected chi connectivity index (χ3v) is 15.8. The van der Waals surface area contributed by atoms with Crippen LogP contribution < -0.4 is 21.3 Å². The van der Waals surface area contributed by atoms with Gasteiger partial charge < -0.3 is 70.4 Å². The molecule has 13 atom stereocenters. The lowest BCUT2D eigenvalue weighted by molar-refractivity contribution is -0.166. The van der Waals surface area contributed by atoms with E-state index in [-0.39, 0.29) is 68.1 Å². The van der Waals surface area contributed by atoms with E-state index < -0.39 is 162 Å². The molecule has 498 valence electrons. The zero-order valence-electron chi connectivity index (χ0n) is 56.5. The van der Waals surface area contributed by atoms with Crippen molar-refractivity contribution in [2.24, 2.45) is 47.3 Å². The van der Waals surface area contributed by atoms with Gasteiger partial charge in [-0.25, -0.2) is 4.79 Å². The SMILES string of the molecule is CC(C)C[C@@H]1NC(=O)[C@H](CC(C)C)N(C)C(=O)[C@@H](C(C)C)OC(=O)[C@H](C)NC(=O)[C@H](CC(C)C)N(C)C(=O)[C@H](CC(C)C)NC(=O)[C@H](CC(C)C)N(C)C(=O)CN(C)C(=O)[C@H]([C@@H](C)O)NC(=O)[C@H]([C@H](O)[C@H](C)CC=O)N(C)C(=O)[C@H](C(C)C)N(C)C1=O. The number of nitrogens with zero attached hydrogens (tertiary/aromatic N) is 6. The molecule has 0 bridgehead atoms. The summed E-state index contributed by atoms with van der Waals surface area (Å²) in [4.78, 5) is 178. The zero-order valence-corrected chi connectivity index (χ0v) is 56.5. The van der Waals surface area contributed by atoms with E-state index in [0.29, 0.717) is 6.29 Å². The Balaban J connectivity index is 4.39. The number of aliphatic hydroxyl groups excluding tert-OH is 2. The lowest BCUT2D eigenvalue weighted by atomic mass is 9.92.